The van der Waals surface area contributed by atoms with Gasteiger partial charge < -0.3 is 10.0 Å². The SMILES string of the molecule is C=CCN(CC)C(=O)C(C)(C)O. The number of carbonyl (C=O) groups is 1. The molecule has 0 aliphatic heterocycles. The molecule has 0 atom stereocenters. The van der Waals surface area contributed by atoms with Crippen molar-refractivity contribution in [1.82, 2.24) is 4.90 Å². The standard InChI is InChI=1S/C9H17NO2/c1-5-7-10(6-2)8(11)9(3,4)12/h5,12H,1,6-7H2,2-4H3. The van der Waals surface area contributed by atoms with Gasteiger partial charge in [-0.05, 0) is 20.8 Å². The van der Waals surface area contributed by atoms with E-state index in [1.165, 1.54) is 13.8 Å². The highest BCUT2D eigenvalue weighted by Gasteiger charge is 2.27. The highest BCUT2D eigenvalue weighted by molar-refractivity contribution is 5.84. The molecule has 0 aromatic rings. The van der Waals surface area contributed by atoms with E-state index < -0.39 is 5.60 Å². The van der Waals surface area contributed by atoms with Gasteiger partial charge >= 0.3 is 0 Å². The molecule has 0 bridgehead atoms. The normalized spacial score (nSPS) is 11.0. The molecule has 0 saturated heterocycles. The van der Waals surface area contributed by atoms with Gasteiger partial charge in [-0.2, -0.15) is 0 Å². The first-order valence-corrected chi connectivity index (χ1v) is 4.06. The van der Waals surface area contributed by atoms with Gasteiger partial charge in [0, 0.05) is 13.1 Å². The maximum absolute atomic E-state index is 11.4. The number of amides is 1. The van der Waals surface area contributed by atoms with E-state index in [0.717, 1.165) is 0 Å². The third-order valence-corrected chi connectivity index (χ3v) is 1.54. The van der Waals surface area contributed by atoms with Crippen molar-refractivity contribution in [1.29, 1.82) is 0 Å². The molecule has 0 fully saturated rings. The largest absolute Gasteiger partial charge is 0.381 e. The van der Waals surface area contributed by atoms with Crippen LogP contribution in [0.15, 0.2) is 12.7 Å². The minimum atomic E-state index is -1.28. The molecule has 0 unspecified atom stereocenters. The van der Waals surface area contributed by atoms with E-state index >= 15 is 0 Å². The fourth-order valence-electron chi connectivity index (χ4n) is 0.898. The number of hydrogen-bond acceptors (Lipinski definition) is 2. The number of rotatable bonds is 4. The van der Waals surface area contributed by atoms with Gasteiger partial charge in [0.05, 0.1) is 0 Å². The average molecular weight is 171 g/mol. The molecule has 1 amide bonds. The van der Waals surface area contributed by atoms with Crippen LogP contribution in [0.3, 0.4) is 0 Å². The Bertz CT molecular complexity index is 170. The molecular weight excluding hydrogens is 154 g/mol. The van der Waals surface area contributed by atoms with Crippen molar-refractivity contribution in [2.45, 2.75) is 26.4 Å². The zero-order chi connectivity index (χ0) is 9.78. The summed E-state index contributed by atoms with van der Waals surface area (Å²) in [4.78, 5) is 13.0. The van der Waals surface area contributed by atoms with Gasteiger partial charge in [0.25, 0.3) is 5.91 Å². The number of hydrogen-bond donors (Lipinski definition) is 1. The van der Waals surface area contributed by atoms with Crippen LogP contribution in [0.5, 0.6) is 0 Å². The maximum atomic E-state index is 11.4. The van der Waals surface area contributed by atoms with Gasteiger partial charge in [-0.15, -0.1) is 6.58 Å². The first kappa shape index (κ1) is 11.2. The summed E-state index contributed by atoms with van der Waals surface area (Å²) in [5.74, 6) is -0.259. The predicted molar refractivity (Wildman–Crippen MR) is 48.7 cm³/mol. The van der Waals surface area contributed by atoms with Crippen LogP contribution in [-0.2, 0) is 4.79 Å². The summed E-state index contributed by atoms with van der Waals surface area (Å²) in [6, 6.07) is 0. The van der Waals surface area contributed by atoms with E-state index in [1.807, 2.05) is 6.92 Å². The third-order valence-electron chi connectivity index (χ3n) is 1.54. The van der Waals surface area contributed by atoms with Gasteiger partial charge in [0.15, 0.2) is 0 Å². The zero-order valence-electron chi connectivity index (χ0n) is 8.00. The van der Waals surface area contributed by atoms with Crippen LogP contribution in [0.25, 0.3) is 0 Å². The number of aliphatic hydroxyl groups is 1. The van der Waals surface area contributed by atoms with Crippen molar-refractivity contribution in [3.8, 4) is 0 Å². The topological polar surface area (TPSA) is 40.5 Å². The van der Waals surface area contributed by atoms with Crippen LogP contribution in [-0.4, -0.2) is 34.6 Å². The van der Waals surface area contributed by atoms with Gasteiger partial charge in [-0.1, -0.05) is 6.08 Å². The fourth-order valence-corrected chi connectivity index (χ4v) is 0.898. The molecule has 0 aromatic heterocycles. The van der Waals surface area contributed by atoms with E-state index in [9.17, 15) is 9.90 Å². The Hall–Kier alpha value is -0.830. The monoisotopic (exact) mass is 171 g/mol. The van der Waals surface area contributed by atoms with E-state index in [0.29, 0.717) is 13.1 Å². The Morgan fingerprint density at radius 1 is 1.67 bits per heavy atom. The van der Waals surface area contributed by atoms with Crippen molar-refractivity contribution in [3.63, 3.8) is 0 Å². The molecule has 70 valence electrons. The van der Waals surface area contributed by atoms with Crippen LogP contribution < -0.4 is 0 Å². The second-order valence-electron chi connectivity index (χ2n) is 3.19. The van der Waals surface area contributed by atoms with Crippen molar-refractivity contribution in [2.24, 2.45) is 0 Å². The Balaban J connectivity index is 4.31. The smallest absolute Gasteiger partial charge is 0.254 e. The Morgan fingerprint density at radius 2 is 2.17 bits per heavy atom. The van der Waals surface area contributed by atoms with E-state index in [1.54, 1.807) is 11.0 Å². The van der Waals surface area contributed by atoms with Crippen LogP contribution in [0.2, 0.25) is 0 Å². The highest BCUT2D eigenvalue weighted by Crippen LogP contribution is 2.06. The Labute approximate surface area is 73.7 Å². The summed E-state index contributed by atoms with van der Waals surface area (Å²) in [7, 11) is 0. The summed E-state index contributed by atoms with van der Waals surface area (Å²) >= 11 is 0. The third kappa shape index (κ3) is 3.05. The maximum Gasteiger partial charge on any atom is 0.254 e. The number of nitrogens with zero attached hydrogens (tertiary/aromatic N) is 1. The lowest BCUT2D eigenvalue weighted by Gasteiger charge is -2.26. The van der Waals surface area contributed by atoms with E-state index in [4.69, 9.17) is 0 Å². The van der Waals surface area contributed by atoms with Crippen LogP contribution in [0.1, 0.15) is 20.8 Å². The number of likely N-dealkylation sites (N-methyl/N-ethyl adjacent to an activating group) is 1. The van der Waals surface area contributed by atoms with Crippen molar-refractivity contribution in [2.75, 3.05) is 13.1 Å². The van der Waals surface area contributed by atoms with E-state index in [-0.39, 0.29) is 5.91 Å². The Kier molecular flexibility index (Phi) is 3.96. The van der Waals surface area contributed by atoms with Crippen molar-refractivity contribution >= 4 is 5.91 Å². The van der Waals surface area contributed by atoms with Crippen LogP contribution >= 0.6 is 0 Å². The average Bonchev–Trinajstić information content (AvgIpc) is 1.97. The first-order chi connectivity index (χ1) is 5.43. The molecule has 0 heterocycles. The van der Waals surface area contributed by atoms with Gasteiger partial charge in [0.1, 0.15) is 5.60 Å². The second-order valence-corrected chi connectivity index (χ2v) is 3.19. The number of carbonyl (C=O) groups excluding carboxylic acids is 1. The first-order valence-electron chi connectivity index (χ1n) is 4.06. The van der Waals surface area contributed by atoms with Gasteiger partial charge in [-0.25, -0.2) is 0 Å². The summed E-state index contributed by atoms with van der Waals surface area (Å²) in [6.07, 6.45) is 1.65. The van der Waals surface area contributed by atoms with Gasteiger partial charge in [0.2, 0.25) is 0 Å². The summed E-state index contributed by atoms with van der Waals surface area (Å²) < 4.78 is 0. The van der Waals surface area contributed by atoms with Gasteiger partial charge in [-0.3, -0.25) is 4.79 Å². The fraction of sp³-hybridized carbons (Fsp3) is 0.667. The molecule has 1 N–H and O–H groups in total. The predicted octanol–water partition coefficient (Wildman–Crippen LogP) is 0.792. The molecule has 0 aliphatic carbocycles. The summed E-state index contributed by atoms with van der Waals surface area (Å²) in [5, 5.41) is 9.39. The minimum Gasteiger partial charge on any atom is -0.381 e. The molecule has 0 radical (unpaired) electrons. The van der Waals surface area contributed by atoms with Crippen LogP contribution in [0, 0.1) is 0 Å². The minimum absolute atomic E-state index is 0.259. The summed E-state index contributed by atoms with van der Waals surface area (Å²) in [5.41, 5.74) is -1.28. The lowest BCUT2D eigenvalue weighted by Crippen LogP contribution is -2.45. The summed E-state index contributed by atoms with van der Waals surface area (Å²) in [6.45, 7) is 9.46. The lowest BCUT2D eigenvalue weighted by atomic mass is 10.1. The molecule has 3 nitrogen and oxygen atoms in total. The quantitative estimate of drug-likeness (QED) is 0.635. The molecule has 0 spiro atoms. The lowest BCUT2D eigenvalue weighted by molar-refractivity contribution is -0.147. The van der Waals surface area contributed by atoms with Crippen LogP contribution in [0.4, 0.5) is 0 Å². The zero-order valence-corrected chi connectivity index (χ0v) is 8.00. The highest BCUT2D eigenvalue weighted by atomic mass is 16.3. The molecule has 12 heavy (non-hydrogen) atoms. The second kappa shape index (κ2) is 4.26. The molecule has 0 aromatic carbocycles. The molecule has 3 heteroatoms. The van der Waals surface area contributed by atoms with E-state index in [2.05, 4.69) is 6.58 Å². The van der Waals surface area contributed by atoms with Crippen molar-refractivity contribution in [3.05, 3.63) is 12.7 Å². The molecule has 0 rings (SSSR count). The van der Waals surface area contributed by atoms with Crippen molar-refractivity contribution < 1.29 is 9.90 Å². The molecular formula is C9H17NO2. The molecule has 0 aliphatic rings. The Morgan fingerprint density at radius 3 is 2.42 bits per heavy atom. The molecule has 0 saturated carbocycles.